The van der Waals surface area contributed by atoms with Gasteiger partial charge in [0.05, 0.1) is 5.69 Å². The Kier molecular flexibility index (Phi) is 3.78. The number of anilines is 1. The summed E-state index contributed by atoms with van der Waals surface area (Å²) in [4.78, 5) is 13.9. The minimum atomic E-state index is 0.0839. The van der Waals surface area contributed by atoms with E-state index in [9.17, 15) is 4.79 Å². The van der Waals surface area contributed by atoms with Gasteiger partial charge in [0.15, 0.2) is 0 Å². The molecule has 2 aliphatic heterocycles. The molecule has 5 heteroatoms. The SMILES string of the molecule is CC1CCn2nc(CC3CCOCC3)cc2N(C)C1=O. The zero-order valence-corrected chi connectivity index (χ0v) is 12.3. The van der Waals surface area contributed by atoms with Crippen molar-refractivity contribution in [2.45, 2.75) is 39.2 Å². The van der Waals surface area contributed by atoms with Crippen LogP contribution in [0.2, 0.25) is 0 Å². The van der Waals surface area contributed by atoms with Gasteiger partial charge in [0.2, 0.25) is 5.91 Å². The van der Waals surface area contributed by atoms with Gasteiger partial charge in [-0.25, -0.2) is 4.68 Å². The highest BCUT2D eigenvalue weighted by molar-refractivity contribution is 5.93. The summed E-state index contributed by atoms with van der Waals surface area (Å²) in [5, 5.41) is 4.71. The molecule has 110 valence electrons. The van der Waals surface area contributed by atoms with E-state index in [4.69, 9.17) is 9.84 Å². The fourth-order valence-corrected chi connectivity index (χ4v) is 3.12. The van der Waals surface area contributed by atoms with Gasteiger partial charge in [0, 0.05) is 38.8 Å². The second-order valence-electron chi connectivity index (χ2n) is 6.06. The molecule has 1 aromatic rings. The quantitative estimate of drug-likeness (QED) is 0.829. The lowest BCUT2D eigenvalue weighted by Crippen LogP contribution is -2.30. The van der Waals surface area contributed by atoms with Crippen LogP contribution in [0.3, 0.4) is 0 Å². The van der Waals surface area contributed by atoms with Crippen molar-refractivity contribution in [3.05, 3.63) is 11.8 Å². The molecule has 1 unspecified atom stereocenters. The maximum absolute atomic E-state index is 12.2. The van der Waals surface area contributed by atoms with Gasteiger partial charge in [-0.2, -0.15) is 5.10 Å². The van der Waals surface area contributed by atoms with Crippen molar-refractivity contribution in [3.63, 3.8) is 0 Å². The van der Waals surface area contributed by atoms with E-state index in [0.717, 1.165) is 57.0 Å². The fraction of sp³-hybridized carbons (Fsp3) is 0.733. The molecule has 0 aliphatic carbocycles. The smallest absolute Gasteiger partial charge is 0.230 e. The summed E-state index contributed by atoms with van der Waals surface area (Å²) in [7, 11) is 1.86. The van der Waals surface area contributed by atoms with Crippen molar-refractivity contribution in [1.29, 1.82) is 0 Å². The van der Waals surface area contributed by atoms with Crippen LogP contribution >= 0.6 is 0 Å². The highest BCUT2D eigenvalue weighted by atomic mass is 16.5. The van der Waals surface area contributed by atoms with E-state index in [0.29, 0.717) is 5.92 Å². The van der Waals surface area contributed by atoms with E-state index >= 15 is 0 Å². The Labute approximate surface area is 119 Å². The first-order valence-electron chi connectivity index (χ1n) is 7.57. The fourth-order valence-electron chi connectivity index (χ4n) is 3.12. The maximum atomic E-state index is 12.2. The molecule has 5 nitrogen and oxygen atoms in total. The summed E-state index contributed by atoms with van der Waals surface area (Å²) < 4.78 is 7.40. The van der Waals surface area contributed by atoms with Crippen molar-refractivity contribution in [1.82, 2.24) is 9.78 Å². The third-order valence-electron chi connectivity index (χ3n) is 4.52. The van der Waals surface area contributed by atoms with Crippen LogP contribution in [0.4, 0.5) is 5.82 Å². The summed E-state index contributed by atoms with van der Waals surface area (Å²) in [5.74, 6) is 1.89. The van der Waals surface area contributed by atoms with E-state index in [1.807, 2.05) is 18.7 Å². The molecule has 2 aliphatic rings. The predicted molar refractivity (Wildman–Crippen MR) is 76.7 cm³/mol. The molecule has 0 radical (unpaired) electrons. The molecule has 0 aromatic carbocycles. The van der Waals surface area contributed by atoms with Crippen molar-refractivity contribution >= 4 is 11.7 Å². The molecule has 1 saturated heterocycles. The second-order valence-corrected chi connectivity index (χ2v) is 6.06. The lowest BCUT2D eigenvalue weighted by molar-refractivity contribution is -0.121. The molecule has 0 N–H and O–H groups in total. The first-order valence-corrected chi connectivity index (χ1v) is 7.57. The van der Waals surface area contributed by atoms with Crippen molar-refractivity contribution in [2.75, 3.05) is 25.2 Å². The van der Waals surface area contributed by atoms with Gasteiger partial charge in [0.1, 0.15) is 5.82 Å². The molecule has 0 bridgehead atoms. The Morgan fingerprint density at radius 1 is 1.35 bits per heavy atom. The average molecular weight is 277 g/mol. The van der Waals surface area contributed by atoms with Gasteiger partial charge < -0.3 is 4.74 Å². The molecule has 0 saturated carbocycles. The summed E-state index contributed by atoms with van der Waals surface area (Å²) in [6.45, 7) is 4.57. The number of hydrogen-bond donors (Lipinski definition) is 0. The minimum absolute atomic E-state index is 0.0839. The number of carbonyl (C=O) groups excluding carboxylic acids is 1. The normalized spacial score (nSPS) is 24.6. The highest BCUT2D eigenvalue weighted by Crippen LogP contribution is 2.26. The van der Waals surface area contributed by atoms with Crippen molar-refractivity contribution < 1.29 is 9.53 Å². The topological polar surface area (TPSA) is 47.4 Å². The molecule has 1 fully saturated rings. The minimum Gasteiger partial charge on any atom is -0.381 e. The number of ether oxygens (including phenoxy) is 1. The summed E-state index contributed by atoms with van der Waals surface area (Å²) in [6, 6.07) is 2.09. The number of aryl methyl sites for hydroxylation is 1. The average Bonchev–Trinajstić information content (AvgIpc) is 2.83. The van der Waals surface area contributed by atoms with Gasteiger partial charge >= 0.3 is 0 Å². The van der Waals surface area contributed by atoms with E-state index in [1.165, 1.54) is 0 Å². The van der Waals surface area contributed by atoms with Crippen molar-refractivity contribution in [2.24, 2.45) is 11.8 Å². The van der Waals surface area contributed by atoms with Crippen LogP contribution in [0.15, 0.2) is 6.07 Å². The Balaban J connectivity index is 1.76. The molecular formula is C15H23N3O2. The van der Waals surface area contributed by atoms with E-state index in [2.05, 4.69) is 6.07 Å². The number of hydrogen-bond acceptors (Lipinski definition) is 3. The Morgan fingerprint density at radius 2 is 2.10 bits per heavy atom. The second kappa shape index (κ2) is 5.56. The Bertz CT molecular complexity index is 491. The van der Waals surface area contributed by atoms with Gasteiger partial charge in [-0.3, -0.25) is 9.69 Å². The Morgan fingerprint density at radius 3 is 2.85 bits per heavy atom. The lowest BCUT2D eigenvalue weighted by atomic mass is 9.95. The van der Waals surface area contributed by atoms with Crippen molar-refractivity contribution in [3.8, 4) is 0 Å². The van der Waals surface area contributed by atoms with Gasteiger partial charge in [-0.15, -0.1) is 0 Å². The monoisotopic (exact) mass is 277 g/mol. The number of fused-ring (bicyclic) bond motifs is 1. The molecule has 20 heavy (non-hydrogen) atoms. The lowest BCUT2D eigenvalue weighted by Gasteiger charge is -2.20. The number of nitrogens with zero attached hydrogens (tertiary/aromatic N) is 3. The predicted octanol–water partition coefficient (Wildman–Crippen LogP) is 1.85. The molecule has 3 heterocycles. The summed E-state index contributed by atoms with van der Waals surface area (Å²) >= 11 is 0. The molecule has 0 spiro atoms. The molecule has 3 rings (SSSR count). The Hall–Kier alpha value is -1.36. The van der Waals surface area contributed by atoms with Crippen LogP contribution in [0.5, 0.6) is 0 Å². The number of aromatic nitrogens is 2. The van der Waals surface area contributed by atoms with Gasteiger partial charge in [0.25, 0.3) is 0 Å². The summed E-state index contributed by atoms with van der Waals surface area (Å²) in [5.41, 5.74) is 1.11. The zero-order chi connectivity index (χ0) is 14.1. The first kappa shape index (κ1) is 13.6. The number of amides is 1. The zero-order valence-electron chi connectivity index (χ0n) is 12.3. The van der Waals surface area contributed by atoms with Crippen LogP contribution in [0.1, 0.15) is 31.9 Å². The number of carbonyl (C=O) groups is 1. The van der Waals surface area contributed by atoms with E-state index < -0.39 is 0 Å². The molecule has 1 aromatic heterocycles. The summed E-state index contributed by atoms with van der Waals surface area (Å²) in [6.07, 6.45) is 4.11. The first-order chi connectivity index (χ1) is 9.65. The third kappa shape index (κ3) is 2.59. The van der Waals surface area contributed by atoms with Gasteiger partial charge in [-0.05, 0) is 31.6 Å². The van der Waals surface area contributed by atoms with Crippen LogP contribution < -0.4 is 4.90 Å². The molecular weight excluding hydrogens is 254 g/mol. The standard InChI is InChI=1S/C15H23N3O2/c1-11-3-6-18-14(17(2)15(11)19)10-13(16-18)9-12-4-7-20-8-5-12/h10-12H,3-9H2,1-2H3. The maximum Gasteiger partial charge on any atom is 0.230 e. The van der Waals surface area contributed by atoms with E-state index in [-0.39, 0.29) is 11.8 Å². The molecule has 1 amide bonds. The van der Waals surface area contributed by atoms with E-state index in [1.54, 1.807) is 4.90 Å². The van der Waals surface area contributed by atoms with Crippen LogP contribution in [0, 0.1) is 11.8 Å². The number of rotatable bonds is 2. The van der Waals surface area contributed by atoms with Crippen LogP contribution in [0.25, 0.3) is 0 Å². The van der Waals surface area contributed by atoms with Crippen LogP contribution in [-0.2, 0) is 22.5 Å². The molecule has 1 atom stereocenters. The third-order valence-corrected chi connectivity index (χ3v) is 4.52. The highest BCUT2D eigenvalue weighted by Gasteiger charge is 2.27. The van der Waals surface area contributed by atoms with Gasteiger partial charge in [-0.1, -0.05) is 6.92 Å². The van der Waals surface area contributed by atoms with Crippen LogP contribution in [-0.4, -0.2) is 35.9 Å². The largest absolute Gasteiger partial charge is 0.381 e.